The number of halogens is 1. The molecule has 0 spiro atoms. The van der Waals surface area contributed by atoms with E-state index in [1.807, 2.05) is 61.5 Å². The number of hydrogen-bond acceptors (Lipinski definition) is 2. The maximum Gasteiger partial charge on any atom is 0.129 e. The molecule has 2 aromatic rings. The number of anilines is 1. The fourth-order valence-electron chi connectivity index (χ4n) is 2.16. The maximum absolute atomic E-state index is 9.62. The summed E-state index contributed by atoms with van der Waals surface area (Å²) in [5.74, 6) is 0. The molecule has 0 aliphatic carbocycles. The summed E-state index contributed by atoms with van der Waals surface area (Å²) in [6, 6.07) is 19.9. The van der Waals surface area contributed by atoms with Crippen LogP contribution >= 0.6 is 11.6 Å². The van der Waals surface area contributed by atoms with E-state index >= 15 is 0 Å². The molecule has 1 unspecified atom stereocenters. The van der Waals surface area contributed by atoms with E-state index in [9.17, 15) is 5.26 Å². The number of benzene rings is 2. The number of nitriles is 1. The van der Waals surface area contributed by atoms with Crippen molar-refractivity contribution < 1.29 is 0 Å². The van der Waals surface area contributed by atoms with Gasteiger partial charge in [0.1, 0.15) is 5.54 Å². The molecule has 0 bridgehead atoms. The van der Waals surface area contributed by atoms with Gasteiger partial charge in [-0.2, -0.15) is 5.26 Å². The molecule has 20 heavy (non-hydrogen) atoms. The average molecular weight is 285 g/mol. The highest BCUT2D eigenvalue weighted by atomic mass is 35.5. The number of nitrogens with zero attached hydrogens (tertiary/aromatic N) is 1. The van der Waals surface area contributed by atoms with Crippen LogP contribution in [-0.4, -0.2) is 5.54 Å². The predicted molar refractivity (Wildman–Crippen MR) is 83.9 cm³/mol. The van der Waals surface area contributed by atoms with Gasteiger partial charge in [0, 0.05) is 17.1 Å². The van der Waals surface area contributed by atoms with E-state index in [-0.39, 0.29) is 0 Å². The molecule has 0 aromatic heterocycles. The third kappa shape index (κ3) is 3.53. The smallest absolute Gasteiger partial charge is 0.129 e. The van der Waals surface area contributed by atoms with Crippen molar-refractivity contribution in [3.63, 3.8) is 0 Å². The summed E-state index contributed by atoms with van der Waals surface area (Å²) in [5.41, 5.74) is 1.46. The van der Waals surface area contributed by atoms with Gasteiger partial charge in [-0.3, -0.25) is 0 Å². The van der Waals surface area contributed by atoms with Gasteiger partial charge in [-0.25, -0.2) is 0 Å². The van der Waals surface area contributed by atoms with E-state index in [1.54, 1.807) is 0 Å². The van der Waals surface area contributed by atoms with Crippen LogP contribution in [0.3, 0.4) is 0 Å². The van der Waals surface area contributed by atoms with Crippen LogP contribution in [0.1, 0.15) is 18.9 Å². The summed E-state index contributed by atoms with van der Waals surface area (Å²) >= 11 is 5.89. The van der Waals surface area contributed by atoms with Crippen molar-refractivity contribution in [3.8, 4) is 6.07 Å². The first-order valence-electron chi connectivity index (χ1n) is 6.66. The molecule has 0 aliphatic heterocycles. The summed E-state index contributed by atoms with van der Waals surface area (Å²) in [5, 5.41) is 13.7. The van der Waals surface area contributed by atoms with Crippen LogP contribution in [-0.2, 0) is 6.42 Å². The van der Waals surface area contributed by atoms with Gasteiger partial charge in [0.05, 0.1) is 6.07 Å². The highest BCUT2D eigenvalue weighted by Crippen LogP contribution is 2.24. The van der Waals surface area contributed by atoms with Gasteiger partial charge in [0.15, 0.2) is 0 Å². The monoisotopic (exact) mass is 284 g/mol. The third-order valence-electron chi connectivity index (χ3n) is 3.39. The second kappa shape index (κ2) is 6.45. The SMILES string of the molecule is CCC(C#N)(Cc1ccccc1)Nc1ccc(Cl)cc1. The van der Waals surface area contributed by atoms with Crippen LogP contribution in [0.4, 0.5) is 5.69 Å². The maximum atomic E-state index is 9.62. The van der Waals surface area contributed by atoms with Crippen molar-refractivity contribution >= 4 is 17.3 Å². The molecule has 2 nitrogen and oxygen atoms in total. The highest BCUT2D eigenvalue weighted by Gasteiger charge is 2.28. The van der Waals surface area contributed by atoms with E-state index in [2.05, 4.69) is 11.4 Å². The lowest BCUT2D eigenvalue weighted by molar-refractivity contribution is 0.564. The largest absolute Gasteiger partial charge is 0.367 e. The Hall–Kier alpha value is -1.98. The zero-order chi connectivity index (χ0) is 14.4. The van der Waals surface area contributed by atoms with Gasteiger partial charge in [-0.1, -0.05) is 48.9 Å². The summed E-state index contributed by atoms with van der Waals surface area (Å²) in [6.07, 6.45) is 1.39. The lowest BCUT2D eigenvalue weighted by atomic mass is 9.89. The minimum absolute atomic E-state index is 0.602. The lowest BCUT2D eigenvalue weighted by Crippen LogP contribution is -2.38. The fourth-order valence-corrected chi connectivity index (χ4v) is 2.28. The Kier molecular flexibility index (Phi) is 4.65. The Morgan fingerprint density at radius 2 is 1.75 bits per heavy atom. The fraction of sp³-hybridized carbons (Fsp3) is 0.235. The zero-order valence-electron chi connectivity index (χ0n) is 11.4. The van der Waals surface area contributed by atoms with E-state index in [4.69, 9.17) is 11.6 Å². The molecular weight excluding hydrogens is 268 g/mol. The summed E-state index contributed by atoms with van der Waals surface area (Å²) < 4.78 is 0. The molecule has 1 N–H and O–H groups in total. The molecule has 102 valence electrons. The van der Waals surface area contributed by atoms with Crippen LogP contribution in [0.5, 0.6) is 0 Å². The van der Waals surface area contributed by atoms with Gasteiger partial charge in [-0.05, 0) is 36.2 Å². The second-order valence-corrected chi connectivity index (χ2v) is 5.28. The first-order chi connectivity index (χ1) is 9.67. The topological polar surface area (TPSA) is 35.8 Å². The molecule has 0 saturated carbocycles. The molecule has 0 radical (unpaired) electrons. The molecule has 1 atom stereocenters. The normalized spacial score (nSPS) is 13.2. The van der Waals surface area contributed by atoms with Crippen LogP contribution in [0.2, 0.25) is 5.02 Å². The Labute approximate surface area is 125 Å². The van der Waals surface area contributed by atoms with Gasteiger partial charge < -0.3 is 5.32 Å². The molecule has 2 aromatic carbocycles. The third-order valence-corrected chi connectivity index (χ3v) is 3.65. The van der Waals surface area contributed by atoms with E-state index in [0.717, 1.165) is 17.7 Å². The van der Waals surface area contributed by atoms with Gasteiger partial charge in [0.2, 0.25) is 0 Å². The van der Waals surface area contributed by atoms with Gasteiger partial charge in [-0.15, -0.1) is 0 Å². The first kappa shape index (κ1) is 14.4. The Balaban J connectivity index is 2.21. The Morgan fingerprint density at radius 1 is 1.10 bits per heavy atom. The minimum Gasteiger partial charge on any atom is -0.367 e. The summed E-state index contributed by atoms with van der Waals surface area (Å²) in [7, 11) is 0. The Morgan fingerprint density at radius 3 is 2.30 bits per heavy atom. The van der Waals surface area contributed by atoms with E-state index in [0.29, 0.717) is 11.4 Å². The van der Waals surface area contributed by atoms with Crippen molar-refractivity contribution in [2.45, 2.75) is 25.3 Å². The van der Waals surface area contributed by atoms with Gasteiger partial charge >= 0.3 is 0 Å². The van der Waals surface area contributed by atoms with Crippen molar-refractivity contribution in [1.82, 2.24) is 0 Å². The molecule has 0 heterocycles. The summed E-state index contributed by atoms with van der Waals surface area (Å²) in [4.78, 5) is 0. The van der Waals surface area contributed by atoms with E-state index < -0.39 is 5.54 Å². The molecular formula is C17H17ClN2. The van der Waals surface area contributed by atoms with Crippen LogP contribution < -0.4 is 5.32 Å². The molecule has 0 saturated heterocycles. The molecule has 3 heteroatoms. The quantitative estimate of drug-likeness (QED) is 0.866. The number of rotatable bonds is 5. The number of nitrogens with one attached hydrogen (secondary N) is 1. The standard InChI is InChI=1S/C17H17ClN2/c1-2-17(13-19,12-14-6-4-3-5-7-14)20-16-10-8-15(18)9-11-16/h3-11,20H,2,12H2,1H3. The summed E-state index contributed by atoms with van der Waals surface area (Å²) in [6.45, 7) is 2.02. The Bertz CT molecular complexity index is 587. The molecule has 2 rings (SSSR count). The second-order valence-electron chi connectivity index (χ2n) is 4.84. The molecule has 0 amide bonds. The molecule has 0 fully saturated rings. The van der Waals surface area contributed by atoms with Gasteiger partial charge in [0.25, 0.3) is 0 Å². The van der Waals surface area contributed by atoms with Crippen molar-refractivity contribution in [3.05, 3.63) is 65.2 Å². The van der Waals surface area contributed by atoms with E-state index in [1.165, 1.54) is 0 Å². The molecule has 0 aliphatic rings. The highest BCUT2D eigenvalue weighted by molar-refractivity contribution is 6.30. The lowest BCUT2D eigenvalue weighted by Gasteiger charge is -2.28. The van der Waals surface area contributed by atoms with Crippen molar-refractivity contribution in [2.24, 2.45) is 0 Å². The minimum atomic E-state index is -0.602. The predicted octanol–water partition coefficient (Wildman–Crippen LogP) is 4.67. The first-order valence-corrected chi connectivity index (χ1v) is 7.04. The van der Waals surface area contributed by atoms with Crippen LogP contribution in [0, 0.1) is 11.3 Å². The zero-order valence-corrected chi connectivity index (χ0v) is 12.2. The van der Waals surface area contributed by atoms with Crippen molar-refractivity contribution in [2.75, 3.05) is 5.32 Å². The van der Waals surface area contributed by atoms with Crippen LogP contribution in [0.25, 0.3) is 0 Å². The van der Waals surface area contributed by atoms with Crippen LogP contribution in [0.15, 0.2) is 54.6 Å². The van der Waals surface area contributed by atoms with Crippen molar-refractivity contribution in [1.29, 1.82) is 5.26 Å². The number of hydrogen-bond donors (Lipinski definition) is 1. The average Bonchev–Trinajstić information content (AvgIpc) is 2.50.